The van der Waals surface area contributed by atoms with Gasteiger partial charge in [-0.15, -0.1) is 0 Å². The van der Waals surface area contributed by atoms with Gasteiger partial charge in [0.05, 0.1) is 11.6 Å². The summed E-state index contributed by atoms with van der Waals surface area (Å²) in [6.07, 6.45) is 0. The van der Waals surface area contributed by atoms with Gasteiger partial charge in [0.1, 0.15) is 18.2 Å². The molecular weight excluding hydrogens is 272 g/mol. The van der Waals surface area contributed by atoms with Crippen LogP contribution in [0.1, 0.15) is 6.92 Å². The lowest BCUT2D eigenvalue weighted by Gasteiger charge is -2.24. The van der Waals surface area contributed by atoms with Crippen LogP contribution in [0.5, 0.6) is 0 Å². The molecular formula is C13H15F2NO4. The Labute approximate surface area is 114 Å². The Bertz CT molecular complexity index is 507. The molecule has 1 rings (SSSR count). The molecule has 0 aliphatic rings. The quantitative estimate of drug-likeness (QED) is 0.864. The highest BCUT2D eigenvalue weighted by Crippen LogP contribution is 2.22. The van der Waals surface area contributed by atoms with Crippen LogP contribution in [-0.4, -0.2) is 37.2 Å². The lowest BCUT2D eigenvalue weighted by Crippen LogP contribution is -2.39. The van der Waals surface area contributed by atoms with Gasteiger partial charge in [-0.05, 0) is 12.1 Å². The molecule has 0 aliphatic carbocycles. The van der Waals surface area contributed by atoms with Crippen LogP contribution in [0.15, 0.2) is 18.2 Å². The summed E-state index contributed by atoms with van der Waals surface area (Å²) in [4.78, 5) is 23.6. The first-order chi connectivity index (χ1) is 9.36. The molecule has 0 saturated carbocycles. The number of carboxylic acid groups (broad SMARTS) is 1. The fourth-order valence-corrected chi connectivity index (χ4v) is 1.58. The van der Waals surface area contributed by atoms with Crippen LogP contribution in [0.4, 0.5) is 14.5 Å². The molecule has 1 N–H and O–H groups in total. The molecule has 7 heteroatoms. The maximum absolute atomic E-state index is 13.7. The van der Waals surface area contributed by atoms with Gasteiger partial charge >= 0.3 is 5.97 Å². The summed E-state index contributed by atoms with van der Waals surface area (Å²) in [6.45, 7) is 0.729. The smallest absolute Gasteiger partial charge is 0.308 e. The molecule has 0 saturated heterocycles. The van der Waals surface area contributed by atoms with Crippen molar-refractivity contribution in [3.05, 3.63) is 29.8 Å². The standard InChI is InChI=1S/C13H15F2NO4/c1-8(13(18)19)6-16(12(17)7-20-2)11-5-9(14)3-4-10(11)15/h3-5,8H,6-7H2,1-2H3,(H,18,19). The van der Waals surface area contributed by atoms with Crippen LogP contribution in [0.2, 0.25) is 0 Å². The predicted molar refractivity (Wildman–Crippen MR) is 67.4 cm³/mol. The van der Waals surface area contributed by atoms with E-state index in [0.29, 0.717) is 0 Å². The minimum Gasteiger partial charge on any atom is -0.481 e. The summed E-state index contributed by atoms with van der Waals surface area (Å²) >= 11 is 0. The van der Waals surface area contributed by atoms with Gasteiger partial charge in [0, 0.05) is 19.7 Å². The third-order valence-electron chi connectivity index (χ3n) is 2.65. The third-order valence-corrected chi connectivity index (χ3v) is 2.65. The minimum atomic E-state index is -1.14. The Kier molecular flexibility index (Phi) is 5.57. The highest BCUT2D eigenvalue weighted by Gasteiger charge is 2.24. The fourth-order valence-electron chi connectivity index (χ4n) is 1.58. The number of nitrogens with zero attached hydrogens (tertiary/aromatic N) is 1. The van der Waals surface area contributed by atoms with Crippen molar-refractivity contribution in [2.24, 2.45) is 5.92 Å². The van der Waals surface area contributed by atoms with Crippen molar-refractivity contribution < 1.29 is 28.2 Å². The van der Waals surface area contributed by atoms with Crippen molar-refractivity contribution in [2.45, 2.75) is 6.92 Å². The molecule has 0 aromatic heterocycles. The average Bonchev–Trinajstić information content (AvgIpc) is 2.38. The lowest BCUT2D eigenvalue weighted by molar-refractivity contribution is -0.140. The second-order valence-corrected chi connectivity index (χ2v) is 4.27. The van der Waals surface area contributed by atoms with E-state index in [4.69, 9.17) is 5.11 Å². The van der Waals surface area contributed by atoms with Crippen LogP contribution < -0.4 is 4.90 Å². The molecule has 0 fully saturated rings. The van der Waals surface area contributed by atoms with E-state index in [9.17, 15) is 18.4 Å². The Hall–Kier alpha value is -2.02. The number of methoxy groups -OCH3 is 1. The highest BCUT2D eigenvalue weighted by molar-refractivity contribution is 5.95. The molecule has 1 aromatic carbocycles. The van der Waals surface area contributed by atoms with Gasteiger partial charge in [-0.25, -0.2) is 8.78 Å². The molecule has 0 spiro atoms. The van der Waals surface area contributed by atoms with Gasteiger partial charge in [0.15, 0.2) is 0 Å². The second-order valence-electron chi connectivity index (χ2n) is 4.27. The molecule has 20 heavy (non-hydrogen) atoms. The number of hydrogen-bond acceptors (Lipinski definition) is 3. The normalized spacial score (nSPS) is 12.0. The van der Waals surface area contributed by atoms with E-state index in [1.54, 1.807) is 0 Å². The maximum atomic E-state index is 13.7. The first-order valence-corrected chi connectivity index (χ1v) is 5.84. The number of benzene rings is 1. The van der Waals surface area contributed by atoms with Crippen molar-refractivity contribution in [3.63, 3.8) is 0 Å². The molecule has 1 atom stereocenters. The molecule has 1 unspecified atom stereocenters. The van der Waals surface area contributed by atoms with E-state index >= 15 is 0 Å². The topological polar surface area (TPSA) is 66.8 Å². The predicted octanol–water partition coefficient (Wildman–Crippen LogP) is 1.66. The summed E-state index contributed by atoms with van der Waals surface area (Å²) in [5, 5.41) is 8.88. The van der Waals surface area contributed by atoms with E-state index in [1.165, 1.54) is 14.0 Å². The molecule has 1 aromatic rings. The largest absolute Gasteiger partial charge is 0.481 e. The Morgan fingerprint density at radius 1 is 1.40 bits per heavy atom. The van der Waals surface area contributed by atoms with Gasteiger partial charge in [-0.1, -0.05) is 6.92 Å². The molecule has 0 heterocycles. The van der Waals surface area contributed by atoms with Gasteiger partial charge in [-0.3, -0.25) is 9.59 Å². The summed E-state index contributed by atoms with van der Waals surface area (Å²) < 4.78 is 31.6. The summed E-state index contributed by atoms with van der Waals surface area (Å²) in [7, 11) is 1.28. The Morgan fingerprint density at radius 2 is 2.05 bits per heavy atom. The number of carbonyl (C=O) groups is 2. The number of carbonyl (C=O) groups excluding carboxylic acids is 1. The fraction of sp³-hybridized carbons (Fsp3) is 0.385. The van der Waals surface area contributed by atoms with Gasteiger partial charge < -0.3 is 14.7 Å². The summed E-state index contributed by atoms with van der Waals surface area (Å²) in [5.41, 5.74) is -0.305. The maximum Gasteiger partial charge on any atom is 0.308 e. The molecule has 5 nitrogen and oxygen atoms in total. The van der Waals surface area contributed by atoms with Gasteiger partial charge in [-0.2, -0.15) is 0 Å². The number of hydrogen-bond donors (Lipinski definition) is 1. The molecule has 1 amide bonds. The van der Waals surface area contributed by atoms with Crippen LogP contribution in [-0.2, 0) is 14.3 Å². The molecule has 0 bridgehead atoms. The van der Waals surface area contributed by atoms with Crippen molar-refractivity contribution in [1.82, 2.24) is 0 Å². The second kappa shape index (κ2) is 6.95. The first-order valence-electron chi connectivity index (χ1n) is 5.84. The first kappa shape index (κ1) is 16.0. The SMILES string of the molecule is COCC(=O)N(CC(C)C(=O)O)c1cc(F)ccc1F. The molecule has 0 radical (unpaired) electrons. The monoisotopic (exact) mass is 287 g/mol. The van der Waals surface area contributed by atoms with Crippen LogP contribution in [0, 0.1) is 17.6 Å². The van der Waals surface area contributed by atoms with Crippen molar-refractivity contribution in [2.75, 3.05) is 25.2 Å². The lowest BCUT2D eigenvalue weighted by atomic mass is 10.1. The summed E-state index contributed by atoms with van der Waals surface area (Å²) in [5.74, 6) is -4.26. The zero-order valence-electron chi connectivity index (χ0n) is 11.1. The van der Waals surface area contributed by atoms with Gasteiger partial charge in [0.2, 0.25) is 0 Å². The van der Waals surface area contributed by atoms with Crippen LogP contribution >= 0.6 is 0 Å². The number of anilines is 1. The Morgan fingerprint density at radius 3 is 2.60 bits per heavy atom. The number of rotatable bonds is 6. The van der Waals surface area contributed by atoms with Crippen molar-refractivity contribution in [3.8, 4) is 0 Å². The number of carboxylic acids is 1. The number of ether oxygens (including phenoxy) is 1. The average molecular weight is 287 g/mol. The zero-order valence-corrected chi connectivity index (χ0v) is 11.1. The molecule has 0 aliphatic heterocycles. The van der Waals surface area contributed by atoms with E-state index in [-0.39, 0.29) is 18.8 Å². The summed E-state index contributed by atoms with van der Waals surface area (Å²) in [6, 6.07) is 2.64. The number of amides is 1. The van der Waals surface area contributed by atoms with E-state index in [2.05, 4.69) is 4.74 Å². The van der Waals surface area contributed by atoms with Crippen LogP contribution in [0.3, 0.4) is 0 Å². The zero-order chi connectivity index (χ0) is 15.3. The number of aliphatic carboxylic acids is 1. The number of halogens is 2. The Balaban J connectivity index is 3.12. The minimum absolute atomic E-state index is 0.280. The molecule has 110 valence electrons. The van der Waals surface area contributed by atoms with Crippen LogP contribution in [0.25, 0.3) is 0 Å². The van der Waals surface area contributed by atoms with E-state index < -0.39 is 29.4 Å². The third kappa shape index (κ3) is 3.99. The highest BCUT2D eigenvalue weighted by atomic mass is 19.1. The van der Waals surface area contributed by atoms with Crippen molar-refractivity contribution >= 4 is 17.6 Å². The van der Waals surface area contributed by atoms with E-state index in [0.717, 1.165) is 23.1 Å². The van der Waals surface area contributed by atoms with Crippen molar-refractivity contribution in [1.29, 1.82) is 0 Å². The van der Waals surface area contributed by atoms with Gasteiger partial charge in [0.25, 0.3) is 5.91 Å². The van der Waals surface area contributed by atoms with E-state index in [1.807, 2.05) is 0 Å².